The third-order valence-electron chi connectivity index (χ3n) is 9.42. The van der Waals surface area contributed by atoms with Gasteiger partial charge in [0.2, 0.25) is 0 Å². The van der Waals surface area contributed by atoms with Gasteiger partial charge in [-0.05, 0) is 47.9 Å². The molecule has 0 aliphatic carbocycles. The largest absolute Gasteiger partial charge is 0.245 e. The van der Waals surface area contributed by atoms with E-state index in [9.17, 15) is 0 Å². The molecule has 3 aromatic heterocycles. The van der Waals surface area contributed by atoms with Gasteiger partial charge in [-0.2, -0.15) is 0 Å². The van der Waals surface area contributed by atoms with Crippen molar-refractivity contribution in [1.29, 1.82) is 0 Å². The molecule has 6 aromatic carbocycles. The van der Waals surface area contributed by atoms with Crippen LogP contribution < -0.4 is 0 Å². The summed E-state index contributed by atoms with van der Waals surface area (Å²) in [5.74, 6) is 0.683. The highest BCUT2D eigenvalue weighted by Crippen LogP contribution is 2.33. The Kier molecular flexibility index (Phi) is 7.67. The molecule has 240 valence electrons. The average Bonchev–Trinajstić information content (AvgIpc) is 3.21. The first-order chi connectivity index (χ1) is 25.2. The average molecular weight is 653 g/mol. The molecular formula is C47H32N4. The second-order valence-corrected chi connectivity index (χ2v) is 12.8. The molecule has 0 bridgehead atoms. The number of benzene rings is 6. The molecule has 0 amide bonds. The predicted molar refractivity (Wildman–Crippen MR) is 210 cm³/mol. The third-order valence-corrected chi connectivity index (χ3v) is 9.42. The maximum absolute atomic E-state index is 5.25. The van der Waals surface area contributed by atoms with Gasteiger partial charge in [0.05, 0.1) is 33.8 Å². The normalized spacial score (nSPS) is 11.2. The lowest BCUT2D eigenvalue weighted by molar-refractivity contribution is 1.18. The van der Waals surface area contributed by atoms with E-state index in [2.05, 4.69) is 140 Å². The van der Waals surface area contributed by atoms with Crippen LogP contribution in [0.5, 0.6) is 0 Å². The highest BCUT2D eigenvalue weighted by molar-refractivity contribution is 6.05. The van der Waals surface area contributed by atoms with Crippen molar-refractivity contribution >= 4 is 21.8 Å². The van der Waals surface area contributed by atoms with Crippen LogP contribution in [0.4, 0.5) is 0 Å². The number of aromatic nitrogens is 4. The minimum Gasteiger partial charge on any atom is -0.245 e. The van der Waals surface area contributed by atoms with Gasteiger partial charge >= 0.3 is 0 Å². The fourth-order valence-corrected chi connectivity index (χ4v) is 6.72. The molecular weight excluding hydrogens is 621 g/mol. The standard InChI is InChI=1S/C47H32N4/c1-31-28-42(34-14-7-3-8-15-34)49-46-40(31)26-24-36-25-27-41(48-45(36)46)38-18-11-19-39(29-38)44-30-43(35-16-9-4-10-17-35)50-47(51-44)37-22-20-33(21-23-37)32-12-5-2-6-13-32/h2-30H,1H3. The van der Waals surface area contributed by atoms with E-state index in [1.807, 2.05) is 42.5 Å². The summed E-state index contributed by atoms with van der Waals surface area (Å²) < 4.78 is 0. The van der Waals surface area contributed by atoms with Crippen molar-refractivity contribution in [3.63, 3.8) is 0 Å². The molecule has 0 saturated carbocycles. The summed E-state index contributed by atoms with van der Waals surface area (Å²) in [5.41, 5.74) is 14.0. The van der Waals surface area contributed by atoms with Crippen molar-refractivity contribution in [2.75, 3.05) is 0 Å². The molecule has 9 aromatic rings. The SMILES string of the molecule is Cc1cc(-c2ccccc2)nc2c1ccc1ccc(-c3cccc(-c4cc(-c5ccccc5)nc(-c5ccc(-c6ccccc6)cc5)n4)c3)nc12. The lowest BCUT2D eigenvalue weighted by atomic mass is 10.0. The number of nitrogens with zero attached hydrogens (tertiary/aromatic N) is 4. The molecule has 51 heavy (non-hydrogen) atoms. The lowest BCUT2D eigenvalue weighted by Crippen LogP contribution is -1.96. The van der Waals surface area contributed by atoms with E-state index < -0.39 is 0 Å². The minimum absolute atomic E-state index is 0.683. The molecule has 0 saturated heterocycles. The van der Waals surface area contributed by atoms with Crippen molar-refractivity contribution in [1.82, 2.24) is 19.9 Å². The zero-order valence-corrected chi connectivity index (χ0v) is 28.0. The second-order valence-electron chi connectivity index (χ2n) is 12.8. The first kappa shape index (κ1) is 30.3. The van der Waals surface area contributed by atoms with Gasteiger partial charge in [-0.25, -0.2) is 19.9 Å². The number of aryl methyl sites for hydroxylation is 1. The summed E-state index contributed by atoms with van der Waals surface area (Å²) in [7, 11) is 0. The van der Waals surface area contributed by atoms with E-state index in [0.717, 1.165) is 78.0 Å². The second kappa shape index (κ2) is 12.9. The summed E-state index contributed by atoms with van der Waals surface area (Å²) in [6.07, 6.45) is 0. The van der Waals surface area contributed by atoms with Crippen LogP contribution in [0.3, 0.4) is 0 Å². The Balaban J connectivity index is 1.14. The highest BCUT2D eigenvalue weighted by atomic mass is 14.9. The Morgan fingerprint density at radius 1 is 0.314 bits per heavy atom. The molecule has 0 spiro atoms. The van der Waals surface area contributed by atoms with Crippen LogP contribution in [0.1, 0.15) is 5.56 Å². The molecule has 4 heteroatoms. The van der Waals surface area contributed by atoms with Crippen LogP contribution in [-0.2, 0) is 0 Å². The topological polar surface area (TPSA) is 51.6 Å². The number of pyridine rings is 2. The first-order valence-corrected chi connectivity index (χ1v) is 17.1. The van der Waals surface area contributed by atoms with Crippen LogP contribution in [0.2, 0.25) is 0 Å². The summed E-state index contributed by atoms with van der Waals surface area (Å²) in [5, 5.41) is 2.17. The number of hydrogen-bond donors (Lipinski definition) is 0. The number of hydrogen-bond acceptors (Lipinski definition) is 4. The van der Waals surface area contributed by atoms with Crippen LogP contribution in [0.15, 0.2) is 176 Å². The monoisotopic (exact) mass is 652 g/mol. The molecule has 0 atom stereocenters. The van der Waals surface area contributed by atoms with Crippen molar-refractivity contribution in [2.45, 2.75) is 6.92 Å². The van der Waals surface area contributed by atoms with Gasteiger partial charge in [0, 0.05) is 38.6 Å². The highest BCUT2D eigenvalue weighted by Gasteiger charge is 2.14. The summed E-state index contributed by atoms with van der Waals surface area (Å²) >= 11 is 0. The van der Waals surface area contributed by atoms with Gasteiger partial charge in [-0.1, -0.05) is 152 Å². The van der Waals surface area contributed by atoms with Crippen molar-refractivity contribution in [2.24, 2.45) is 0 Å². The fourth-order valence-electron chi connectivity index (χ4n) is 6.72. The van der Waals surface area contributed by atoms with Gasteiger partial charge in [0.25, 0.3) is 0 Å². The Morgan fingerprint density at radius 3 is 1.47 bits per heavy atom. The number of fused-ring (bicyclic) bond motifs is 3. The van der Waals surface area contributed by atoms with Crippen LogP contribution in [-0.4, -0.2) is 19.9 Å². The maximum atomic E-state index is 5.25. The van der Waals surface area contributed by atoms with Gasteiger partial charge in [-0.15, -0.1) is 0 Å². The van der Waals surface area contributed by atoms with Gasteiger partial charge in [0.15, 0.2) is 5.82 Å². The van der Waals surface area contributed by atoms with Gasteiger partial charge in [0.1, 0.15) is 0 Å². The van der Waals surface area contributed by atoms with E-state index in [1.165, 1.54) is 11.1 Å². The molecule has 0 aliphatic rings. The van der Waals surface area contributed by atoms with Crippen molar-refractivity contribution in [3.8, 4) is 67.5 Å². The van der Waals surface area contributed by atoms with E-state index >= 15 is 0 Å². The Labute approximate surface area is 296 Å². The van der Waals surface area contributed by atoms with E-state index in [1.54, 1.807) is 0 Å². The molecule has 3 heterocycles. The Morgan fingerprint density at radius 2 is 0.804 bits per heavy atom. The molecule has 0 N–H and O–H groups in total. The minimum atomic E-state index is 0.683. The Hall–Kier alpha value is -6.78. The molecule has 0 radical (unpaired) electrons. The first-order valence-electron chi connectivity index (χ1n) is 17.1. The van der Waals surface area contributed by atoms with Crippen LogP contribution in [0, 0.1) is 6.92 Å². The van der Waals surface area contributed by atoms with Crippen LogP contribution >= 0.6 is 0 Å². The maximum Gasteiger partial charge on any atom is 0.160 e. The zero-order chi connectivity index (χ0) is 34.1. The van der Waals surface area contributed by atoms with Crippen LogP contribution in [0.25, 0.3) is 89.4 Å². The van der Waals surface area contributed by atoms with Crippen molar-refractivity contribution < 1.29 is 0 Å². The molecule has 9 rings (SSSR count). The lowest BCUT2D eigenvalue weighted by Gasteiger charge is -2.12. The predicted octanol–water partition coefficient (Wildman–Crippen LogP) is 11.9. The molecule has 4 nitrogen and oxygen atoms in total. The van der Waals surface area contributed by atoms with Gasteiger partial charge in [-0.3, -0.25) is 0 Å². The zero-order valence-electron chi connectivity index (χ0n) is 28.0. The number of rotatable bonds is 6. The summed E-state index contributed by atoms with van der Waals surface area (Å²) in [6, 6.07) is 60.8. The van der Waals surface area contributed by atoms with Crippen molar-refractivity contribution in [3.05, 3.63) is 181 Å². The quantitative estimate of drug-likeness (QED) is 0.168. The fraction of sp³-hybridized carbons (Fsp3) is 0.0213. The molecule has 0 unspecified atom stereocenters. The molecule has 0 fully saturated rings. The smallest absolute Gasteiger partial charge is 0.160 e. The Bertz CT molecular complexity index is 2670. The van der Waals surface area contributed by atoms with E-state index in [-0.39, 0.29) is 0 Å². The van der Waals surface area contributed by atoms with E-state index in [0.29, 0.717) is 5.82 Å². The molecule has 0 aliphatic heterocycles. The summed E-state index contributed by atoms with van der Waals surface area (Å²) in [6.45, 7) is 2.15. The summed E-state index contributed by atoms with van der Waals surface area (Å²) in [4.78, 5) is 20.6. The van der Waals surface area contributed by atoms with Gasteiger partial charge < -0.3 is 0 Å². The van der Waals surface area contributed by atoms with E-state index in [4.69, 9.17) is 19.9 Å². The third kappa shape index (κ3) is 5.94.